The lowest BCUT2D eigenvalue weighted by atomic mass is 9.90. The van der Waals surface area contributed by atoms with Crippen LogP contribution in [0.3, 0.4) is 0 Å². The van der Waals surface area contributed by atoms with E-state index in [4.69, 9.17) is 0 Å². The fourth-order valence-corrected chi connectivity index (χ4v) is 2.64. The first kappa shape index (κ1) is 14.3. The molecular formula is C16H20BrNO. The molecule has 102 valence electrons. The summed E-state index contributed by atoms with van der Waals surface area (Å²) in [6.45, 7) is 4.10. The van der Waals surface area contributed by atoms with E-state index in [-0.39, 0.29) is 17.4 Å². The minimum absolute atomic E-state index is 0.125. The number of benzene rings is 1. The van der Waals surface area contributed by atoms with Crippen LogP contribution in [-0.2, 0) is 10.3 Å². The summed E-state index contributed by atoms with van der Waals surface area (Å²) in [5.74, 6) is 0.289. The highest BCUT2D eigenvalue weighted by Gasteiger charge is 2.27. The molecule has 2 rings (SSSR count). The fraction of sp³-hybridized carbons (Fsp3) is 0.438. The Labute approximate surface area is 123 Å². The molecule has 0 saturated carbocycles. The average molecular weight is 322 g/mol. The summed E-state index contributed by atoms with van der Waals surface area (Å²) >= 11 is 3.43. The number of carbonyl (C=O) groups excluding carboxylic acids is 1. The van der Waals surface area contributed by atoms with Crippen molar-refractivity contribution >= 4 is 21.8 Å². The van der Waals surface area contributed by atoms with Crippen LogP contribution >= 0.6 is 15.9 Å². The van der Waals surface area contributed by atoms with E-state index in [0.29, 0.717) is 0 Å². The molecule has 0 aliphatic heterocycles. The van der Waals surface area contributed by atoms with Crippen molar-refractivity contribution in [3.05, 3.63) is 46.5 Å². The second-order valence-corrected chi connectivity index (χ2v) is 6.52. The van der Waals surface area contributed by atoms with Crippen LogP contribution in [0.2, 0.25) is 0 Å². The van der Waals surface area contributed by atoms with Gasteiger partial charge in [0.1, 0.15) is 0 Å². The van der Waals surface area contributed by atoms with E-state index >= 15 is 0 Å². The van der Waals surface area contributed by atoms with Crippen molar-refractivity contribution in [2.45, 2.75) is 38.6 Å². The van der Waals surface area contributed by atoms with E-state index in [9.17, 15) is 4.79 Å². The number of hydrogen-bond acceptors (Lipinski definition) is 1. The first-order valence-electron chi connectivity index (χ1n) is 6.72. The third-order valence-electron chi connectivity index (χ3n) is 3.64. The Kier molecular flexibility index (Phi) is 4.46. The van der Waals surface area contributed by atoms with Crippen molar-refractivity contribution in [1.29, 1.82) is 0 Å². The van der Waals surface area contributed by atoms with Gasteiger partial charge >= 0.3 is 0 Å². The molecule has 0 saturated heterocycles. The Bertz CT molecular complexity index is 476. The van der Waals surface area contributed by atoms with Gasteiger partial charge in [-0.1, -0.05) is 40.2 Å². The largest absolute Gasteiger partial charge is 0.347 e. The summed E-state index contributed by atoms with van der Waals surface area (Å²) < 4.78 is 1.05. The fourth-order valence-electron chi connectivity index (χ4n) is 2.38. The Morgan fingerprint density at radius 2 is 1.95 bits per heavy atom. The molecule has 1 aromatic carbocycles. The zero-order valence-corrected chi connectivity index (χ0v) is 13.0. The van der Waals surface area contributed by atoms with Gasteiger partial charge in [0.25, 0.3) is 0 Å². The number of carbonyl (C=O) groups is 1. The lowest BCUT2D eigenvalue weighted by Crippen LogP contribution is -2.44. The first-order valence-corrected chi connectivity index (χ1v) is 7.51. The summed E-state index contributed by atoms with van der Waals surface area (Å²) in [6.07, 6.45) is 7.10. The Balaban J connectivity index is 2.05. The highest BCUT2D eigenvalue weighted by Crippen LogP contribution is 2.25. The van der Waals surface area contributed by atoms with Crippen molar-refractivity contribution in [2.24, 2.45) is 5.92 Å². The summed E-state index contributed by atoms with van der Waals surface area (Å²) in [6, 6.07) is 8.11. The Morgan fingerprint density at radius 3 is 2.53 bits per heavy atom. The van der Waals surface area contributed by atoms with Crippen LogP contribution in [0.5, 0.6) is 0 Å². The van der Waals surface area contributed by atoms with Crippen LogP contribution < -0.4 is 5.32 Å². The molecule has 1 aliphatic carbocycles. The second-order valence-electron chi connectivity index (χ2n) is 5.60. The van der Waals surface area contributed by atoms with Gasteiger partial charge in [-0.2, -0.15) is 0 Å². The first-order chi connectivity index (χ1) is 8.99. The molecule has 1 aliphatic rings. The van der Waals surface area contributed by atoms with Gasteiger partial charge in [-0.05, 0) is 50.8 Å². The molecule has 0 fully saturated rings. The van der Waals surface area contributed by atoms with Crippen molar-refractivity contribution in [3.8, 4) is 0 Å². The number of halogens is 1. The normalized spacial score (nSPS) is 19.2. The Hall–Kier alpha value is -1.09. The average Bonchev–Trinajstić information content (AvgIpc) is 2.40. The summed E-state index contributed by atoms with van der Waals surface area (Å²) in [4.78, 5) is 12.3. The van der Waals surface area contributed by atoms with Crippen molar-refractivity contribution in [3.63, 3.8) is 0 Å². The van der Waals surface area contributed by atoms with Crippen LogP contribution in [0.15, 0.2) is 40.9 Å². The minimum atomic E-state index is -0.334. The number of nitrogens with one attached hydrogen (secondary N) is 1. The maximum absolute atomic E-state index is 12.3. The maximum Gasteiger partial charge on any atom is 0.224 e. The number of allylic oxidation sites excluding steroid dienone is 2. The smallest absolute Gasteiger partial charge is 0.224 e. The van der Waals surface area contributed by atoms with E-state index in [2.05, 4.69) is 33.4 Å². The van der Waals surface area contributed by atoms with E-state index in [1.807, 2.05) is 38.1 Å². The monoisotopic (exact) mass is 321 g/mol. The van der Waals surface area contributed by atoms with E-state index in [0.717, 1.165) is 29.3 Å². The molecule has 0 unspecified atom stereocenters. The van der Waals surface area contributed by atoms with E-state index < -0.39 is 0 Å². The summed E-state index contributed by atoms with van der Waals surface area (Å²) in [7, 11) is 0. The highest BCUT2D eigenvalue weighted by atomic mass is 79.9. The lowest BCUT2D eigenvalue weighted by Gasteiger charge is -2.29. The Morgan fingerprint density at radius 1 is 1.26 bits per heavy atom. The molecule has 0 aromatic heterocycles. The van der Waals surface area contributed by atoms with Crippen LogP contribution in [-0.4, -0.2) is 5.91 Å². The number of amides is 1. The molecule has 1 amide bonds. The van der Waals surface area contributed by atoms with Crippen molar-refractivity contribution in [2.75, 3.05) is 0 Å². The predicted octanol–water partition coefficient (Wildman–Crippen LogP) is 4.16. The van der Waals surface area contributed by atoms with Gasteiger partial charge in [0.2, 0.25) is 5.91 Å². The molecule has 1 N–H and O–H groups in total. The van der Waals surface area contributed by atoms with Crippen molar-refractivity contribution < 1.29 is 4.79 Å². The molecule has 0 bridgehead atoms. The third-order valence-corrected chi connectivity index (χ3v) is 4.17. The molecule has 0 radical (unpaired) electrons. The van der Waals surface area contributed by atoms with Gasteiger partial charge in [0, 0.05) is 10.4 Å². The molecule has 0 heterocycles. The topological polar surface area (TPSA) is 29.1 Å². The molecule has 0 spiro atoms. The maximum atomic E-state index is 12.3. The SMILES string of the molecule is CC(C)(NC(=O)[C@@H]1CC=CCC1)c1ccc(Br)cc1. The van der Waals surface area contributed by atoms with Crippen LogP contribution in [0.4, 0.5) is 0 Å². The second kappa shape index (κ2) is 5.91. The van der Waals surface area contributed by atoms with Gasteiger partial charge in [0.15, 0.2) is 0 Å². The van der Waals surface area contributed by atoms with Gasteiger partial charge in [-0.25, -0.2) is 0 Å². The summed E-state index contributed by atoms with van der Waals surface area (Å²) in [5, 5.41) is 3.17. The van der Waals surface area contributed by atoms with Gasteiger partial charge in [0.05, 0.1) is 5.54 Å². The predicted molar refractivity (Wildman–Crippen MR) is 81.8 cm³/mol. The molecule has 19 heavy (non-hydrogen) atoms. The molecule has 2 nitrogen and oxygen atoms in total. The van der Waals surface area contributed by atoms with Crippen LogP contribution in [0.25, 0.3) is 0 Å². The third kappa shape index (κ3) is 3.69. The summed E-state index contributed by atoms with van der Waals surface area (Å²) in [5.41, 5.74) is 0.786. The molecular weight excluding hydrogens is 302 g/mol. The van der Waals surface area contributed by atoms with Gasteiger partial charge in [-0.15, -0.1) is 0 Å². The van der Waals surface area contributed by atoms with Gasteiger partial charge < -0.3 is 5.32 Å². The van der Waals surface area contributed by atoms with E-state index in [1.165, 1.54) is 0 Å². The quantitative estimate of drug-likeness (QED) is 0.832. The van der Waals surface area contributed by atoms with E-state index in [1.54, 1.807) is 0 Å². The van der Waals surface area contributed by atoms with Crippen LogP contribution in [0, 0.1) is 5.92 Å². The standard InChI is InChI=1S/C16H20BrNO/c1-16(2,13-8-10-14(17)11-9-13)18-15(19)12-6-4-3-5-7-12/h3-4,8-12H,5-7H2,1-2H3,(H,18,19)/t12-/m1/s1. The highest BCUT2D eigenvalue weighted by molar-refractivity contribution is 9.10. The molecule has 3 heteroatoms. The molecule has 1 atom stereocenters. The van der Waals surface area contributed by atoms with Gasteiger partial charge in [-0.3, -0.25) is 4.79 Å². The lowest BCUT2D eigenvalue weighted by molar-refractivity contribution is -0.127. The van der Waals surface area contributed by atoms with Crippen molar-refractivity contribution in [1.82, 2.24) is 5.32 Å². The zero-order chi connectivity index (χ0) is 13.9. The number of hydrogen-bond donors (Lipinski definition) is 1. The minimum Gasteiger partial charge on any atom is -0.347 e. The van der Waals surface area contributed by atoms with Crippen LogP contribution in [0.1, 0.15) is 38.7 Å². The zero-order valence-electron chi connectivity index (χ0n) is 11.4. The number of rotatable bonds is 3. The molecule has 1 aromatic rings.